The Balaban J connectivity index is 1.78. The van der Waals surface area contributed by atoms with Crippen molar-refractivity contribution >= 4 is 40.8 Å². The Hall–Kier alpha value is -0.270. The predicted octanol–water partition coefficient (Wildman–Crippen LogP) is 2.36. The molecule has 1 amide bonds. The molecule has 1 aromatic heterocycles. The summed E-state index contributed by atoms with van der Waals surface area (Å²) >= 11 is 4.64. The van der Waals surface area contributed by atoms with E-state index in [0.29, 0.717) is 5.75 Å². The minimum atomic E-state index is 0.232. The lowest BCUT2D eigenvalue weighted by molar-refractivity contribution is -0.129. The lowest BCUT2D eigenvalue weighted by atomic mass is 10.1. The molecule has 1 aromatic rings. The van der Waals surface area contributed by atoms with E-state index in [-0.39, 0.29) is 5.91 Å². The van der Waals surface area contributed by atoms with Crippen LogP contribution in [0.5, 0.6) is 0 Å². The van der Waals surface area contributed by atoms with Gasteiger partial charge in [-0.1, -0.05) is 34.9 Å². The van der Waals surface area contributed by atoms with Gasteiger partial charge in [0.05, 0.1) is 5.75 Å². The summed E-state index contributed by atoms with van der Waals surface area (Å²) in [5.74, 6) is 0.721. The van der Waals surface area contributed by atoms with E-state index in [1.165, 1.54) is 18.2 Å². The first-order valence-electron chi connectivity index (χ1n) is 5.57. The van der Waals surface area contributed by atoms with Crippen molar-refractivity contribution in [2.45, 2.75) is 27.9 Å². The average Bonchev–Trinajstić information content (AvgIpc) is 2.85. The van der Waals surface area contributed by atoms with Gasteiger partial charge in [0.25, 0.3) is 0 Å². The molecule has 0 radical (unpaired) electrons. The second-order valence-corrected chi connectivity index (χ2v) is 7.02. The minimum Gasteiger partial charge on any atom is -0.342 e. The number of aromatic nitrogens is 2. The third-order valence-corrected chi connectivity index (χ3v) is 5.61. The van der Waals surface area contributed by atoms with Crippen molar-refractivity contribution in [1.29, 1.82) is 0 Å². The molecule has 1 fully saturated rings. The zero-order valence-electron chi connectivity index (χ0n) is 9.72. The molecule has 7 heteroatoms. The molecule has 17 heavy (non-hydrogen) atoms. The van der Waals surface area contributed by atoms with Gasteiger partial charge in [-0.15, -0.1) is 10.2 Å². The number of amides is 1. The second kappa shape index (κ2) is 6.61. The van der Waals surface area contributed by atoms with Crippen molar-refractivity contribution in [2.75, 3.05) is 25.1 Å². The Morgan fingerprint density at radius 2 is 2.00 bits per heavy atom. The van der Waals surface area contributed by atoms with E-state index < -0.39 is 0 Å². The summed E-state index contributed by atoms with van der Waals surface area (Å²) < 4.78 is 1.85. The summed E-state index contributed by atoms with van der Waals surface area (Å²) in [5, 5.41) is 8.05. The lowest BCUT2D eigenvalue weighted by Gasteiger charge is -2.26. The normalized spacial score (nSPS) is 16.2. The molecule has 0 atom stereocenters. The number of piperidine rings is 1. The van der Waals surface area contributed by atoms with Crippen LogP contribution in [-0.2, 0) is 4.79 Å². The number of carbonyl (C=O) groups excluding carboxylic acids is 1. The molecule has 1 saturated heterocycles. The summed E-state index contributed by atoms with van der Waals surface area (Å²) in [5.41, 5.74) is 0. The van der Waals surface area contributed by atoms with Crippen LogP contribution in [0.1, 0.15) is 19.3 Å². The summed E-state index contributed by atoms with van der Waals surface area (Å²) in [7, 11) is 0. The topological polar surface area (TPSA) is 46.1 Å². The average molecular weight is 289 g/mol. The highest BCUT2D eigenvalue weighted by Crippen LogP contribution is 2.27. The fraction of sp³-hybridized carbons (Fsp3) is 0.700. The maximum atomic E-state index is 11.9. The van der Waals surface area contributed by atoms with Crippen molar-refractivity contribution in [3.05, 3.63) is 0 Å². The van der Waals surface area contributed by atoms with Gasteiger partial charge in [0, 0.05) is 13.1 Å². The second-order valence-electron chi connectivity index (χ2n) is 3.77. The van der Waals surface area contributed by atoms with Gasteiger partial charge in [-0.2, -0.15) is 0 Å². The molecule has 0 unspecified atom stereocenters. The zero-order valence-corrected chi connectivity index (χ0v) is 12.2. The van der Waals surface area contributed by atoms with E-state index in [9.17, 15) is 4.79 Å². The Bertz CT molecular complexity index is 377. The van der Waals surface area contributed by atoms with Crippen molar-refractivity contribution in [3.8, 4) is 0 Å². The highest BCUT2D eigenvalue weighted by atomic mass is 32.2. The molecule has 0 aromatic carbocycles. The molecule has 4 nitrogen and oxygen atoms in total. The molecule has 94 valence electrons. The summed E-state index contributed by atoms with van der Waals surface area (Å²) in [4.78, 5) is 13.9. The van der Waals surface area contributed by atoms with Crippen LogP contribution in [0, 0.1) is 0 Å². The highest BCUT2D eigenvalue weighted by molar-refractivity contribution is 8.03. The van der Waals surface area contributed by atoms with Gasteiger partial charge < -0.3 is 4.90 Å². The molecule has 0 saturated carbocycles. The van der Waals surface area contributed by atoms with Crippen LogP contribution in [0.2, 0.25) is 0 Å². The molecule has 0 spiro atoms. The van der Waals surface area contributed by atoms with Crippen molar-refractivity contribution < 1.29 is 4.79 Å². The van der Waals surface area contributed by atoms with E-state index in [4.69, 9.17) is 0 Å². The van der Waals surface area contributed by atoms with E-state index in [2.05, 4.69) is 10.2 Å². The van der Waals surface area contributed by atoms with Gasteiger partial charge in [0.2, 0.25) is 5.91 Å². The van der Waals surface area contributed by atoms with E-state index >= 15 is 0 Å². The Kier molecular flexibility index (Phi) is 5.12. The van der Waals surface area contributed by atoms with Gasteiger partial charge in [0.1, 0.15) is 0 Å². The van der Waals surface area contributed by atoms with Crippen LogP contribution in [-0.4, -0.2) is 46.1 Å². The predicted molar refractivity (Wildman–Crippen MR) is 72.8 cm³/mol. The number of hydrogen-bond donors (Lipinski definition) is 0. The summed E-state index contributed by atoms with van der Waals surface area (Å²) in [6.07, 6.45) is 5.52. The fourth-order valence-electron chi connectivity index (χ4n) is 1.70. The molecule has 2 heterocycles. The van der Waals surface area contributed by atoms with Crippen molar-refractivity contribution in [3.63, 3.8) is 0 Å². The SMILES string of the molecule is CSc1nnc(SCC(=O)N2CCCCC2)s1. The van der Waals surface area contributed by atoms with E-state index in [1.54, 1.807) is 23.1 Å². The van der Waals surface area contributed by atoms with Crippen molar-refractivity contribution in [1.82, 2.24) is 15.1 Å². The monoisotopic (exact) mass is 289 g/mol. The van der Waals surface area contributed by atoms with Gasteiger partial charge in [-0.25, -0.2) is 0 Å². The third-order valence-electron chi connectivity index (χ3n) is 2.59. The molecular formula is C10H15N3OS3. The summed E-state index contributed by atoms with van der Waals surface area (Å²) in [6.45, 7) is 1.84. The molecule has 0 N–H and O–H groups in total. The first-order chi connectivity index (χ1) is 8.29. The van der Waals surface area contributed by atoms with Crippen LogP contribution in [0.15, 0.2) is 8.68 Å². The quantitative estimate of drug-likeness (QED) is 0.796. The first kappa shape index (κ1) is 13.2. The molecule has 1 aliphatic rings. The van der Waals surface area contributed by atoms with Gasteiger partial charge in [-0.3, -0.25) is 4.79 Å². The highest BCUT2D eigenvalue weighted by Gasteiger charge is 2.17. The molecular weight excluding hydrogens is 274 g/mol. The molecule has 1 aliphatic heterocycles. The van der Waals surface area contributed by atoms with Crippen LogP contribution in [0.4, 0.5) is 0 Å². The Morgan fingerprint density at radius 3 is 2.65 bits per heavy atom. The number of rotatable bonds is 4. The Morgan fingerprint density at radius 1 is 1.29 bits per heavy atom. The fourth-order valence-corrected chi connectivity index (χ4v) is 4.04. The zero-order chi connectivity index (χ0) is 12.1. The first-order valence-corrected chi connectivity index (χ1v) is 8.60. The number of carbonyl (C=O) groups is 1. The van der Waals surface area contributed by atoms with Gasteiger partial charge >= 0.3 is 0 Å². The van der Waals surface area contributed by atoms with E-state index in [0.717, 1.165) is 34.6 Å². The number of thioether (sulfide) groups is 2. The van der Waals surface area contributed by atoms with Crippen LogP contribution in [0.25, 0.3) is 0 Å². The molecule has 0 bridgehead atoms. The molecule has 2 rings (SSSR count). The minimum absolute atomic E-state index is 0.232. The largest absolute Gasteiger partial charge is 0.342 e. The number of hydrogen-bond acceptors (Lipinski definition) is 6. The number of nitrogens with zero attached hydrogens (tertiary/aromatic N) is 3. The molecule has 0 aliphatic carbocycles. The van der Waals surface area contributed by atoms with E-state index in [1.807, 2.05) is 11.2 Å². The number of likely N-dealkylation sites (tertiary alicyclic amines) is 1. The smallest absolute Gasteiger partial charge is 0.233 e. The van der Waals surface area contributed by atoms with Crippen LogP contribution < -0.4 is 0 Å². The Labute approximate surface area is 114 Å². The lowest BCUT2D eigenvalue weighted by Crippen LogP contribution is -2.36. The van der Waals surface area contributed by atoms with Crippen LogP contribution in [0.3, 0.4) is 0 Å². The van der Waals surface area contributed by atoms with Gasteiger partial charge in [-0.05, 0) is 25.5 Å². The third kappa shape index (κ3) is 3.86. The summed E-state index contributed by atoms with van der Waals surface area (Å²) in [6, 6.07) is 0. The maximum absolute atomic E-state index is 11.9. The van der Waals surface area contributed by atoms with Crippen LogP contribution >= 0.6 is 34.9 Å². The van der Waals surface area contributed by atoms with Gasteiger partial charge in [0.15, 0.2) is 8.68 Å². The maximum Gasteiger partial charge on any atom is 0.233 e. The van der Waals surface area contributed by atoms with Crippen molar-refractivity contribution in [2.24, 2.45) is 0 Å². The standard InChI is InChI=1S/C10H15N3OS3/c1-15-9-11-12-10(17-9)16-7-8(14)13-5-3-2-4-6-13/h2-7H2,1H3.